The highest BCUT2D eigenvalue weighted by molar-refractivity contribution is 6.31. The number of nitriles is 1. The third-order valence-corrected chi connectivity index (χ3v) is 7.13. The van der Waals surface area contributed by atoms with Gasteiger partial charge in [-0.25, -0.2) is 9.18 Å². The standard InChI is InChI=1S/C33H32ClFN4O6/c1-21(41)45-31-14-25-29(16-30(31)43-2)37-18-24(17-36)32(25)38-28-15-26(34)27(35)13-23(28)19-39(11-7-4-8-12-40)33(42)44-20-22-9-5-3-6-10-22/h3,5-6,9-10,13-16,18,40H,4,7-8,11-12,19-20H2,1-2H3,(H,37,38). The van der Waals surface area contributed by atoms with Crippen LogP contribution in [0.25, 0.3) is 10.9 Å². The number of nitrogens with one attached hydrogen (secondary N) is 1. The minimum atomic E-state index is -0.697. The van der Waals surface area contributed by atoms with Crippen molar-refractivity contribution in [2.45, 2.75) is 39.3 Å². The molecule has 0 bridgehead atoms. The van der Waals surface area contributed by atoms with Gasteiger partial charge in [-0.2, -0.15) is 5.26 Å². The molecule has 0 spiro atoms. The molecule has 1 aromatic heterocycles. The summed E-state index contributed by atoms with van der Waals surface area (Å²) in [6.07, 6.45) is 2.58. The molecule has 0 aliphatic carbocycles. The smallest absolute Gasteiger partial charge is 0.410 e. The Morgan fingerprint density at radius 1 is 1.11 bits per heavy atom. The zero-order chi connectivity index (χ0) is 32.3. The monoisotopic (exact) mass is 634 g/mol. The lowest BCUT2D eigenvalue weighted by Gasteiger charge is -2.24. The first-order chi connectivity index (χ1) is 21.7. The molecule has 2 N–H and O–H groups in total. The van der Waals surface area contributed by atoms with Gasteiger partial charge in [-0.05, 0) is 48.6 Å². The SMILES string of the molecule is COc1cc2ncc(C#N)c(Nc3cc(Cl)c(F)cc3CN(CCCCCO)C(=O)OCc3ccccc3)c2cc1OC(C)=O. The van der Waals surface area contributed by atoms with Crippen LogP contribution in [0.5, 0.6) is 11.5 Å². The number of unbranched alkanes of at least 4 members (excludes halogenated alkanes) is 2. The molecule has 0 saturated carbocycles. The van der Waals surface area contributed by atoms with Crippen LogP contribution in [0.3, 0.4) is 0 Å². The van der Waals surface area contributed by atoms with Crippen molar-refractivity contribution in [3.8, 4) is 17.6 Å². The second kappa shape index (κ2) is 15.7. The molecule has 4 aromatic rings. The summed E-state index contributed by atoms with van der Waals surface area (Å²) in [6, 6.07) is 17.0. The number of carbonyl (C=O) groups excluding carboxylic acids is 2. The Kier molecular flexibility index (Phi) is 11.5. The highest BCUT2D eigenvalue weighted by Crippen LogP contribution is 2.38. The zero-order valence-electron chi connectivity index (χ0n) is 24.8. The first-order valence-corrected chi connectivity index (χ1v) is 14.5. The van der Waals surface area contributed by atoms with E-state index in [0.29, 0.717) is 47.1 Å². The second-order valence-electron chi connectivity index (χ2n) is 10.1. The molecular weight excluding hydrogens is 603 g/mol. The molecule has 1 heterocycles. The van der Waals surface area contributed by atoms with Gasteiger partial charge in [0, 0.05) is 43.4 Å². The van der Waals surface area contributed by atoms with Crippen LogP contribution in [0.2, 0.25) is 5.02 Å². The number of benzene rings is 3. The highest BCUT2D eigenvalue weighted by Gasteiger charge is 2.21. The molecule has 0 radical (unpaired) electrons. The van der Waals surface area contributed by atoms with Crippen molar-refractivity contribution < 1.29 is 33.3 Å². The van der Waals surface area contributed by atoms with Gasteiger partial charge in [0.2, 0.25) is 0 Å². The third-order valence-electron chi connectivity index (χ3n) is 6.84. The zero-order valence-corrected chi connectivity index (χ0v) is 25.6. The average Bonchev–Trinajstić information content (AvgIpc) is 3.03. The molecular formula is C33H32ClFN4O6. The summed E-state index contributed by atoms with van der Waals surface area (Å²) in [5, 5.41) is 22.6. The van der Waals surface area contributed by atoms with Crippen molar-refractivity contribution in [2.75, 3.05) is 25.6 Å². The van der Waals surface area contributed by atoms with Crippen LogP contribution in [0.1, 0.15) is 42.9 Å². The van der Waals surface area contributed by atoms with Gasteiger partial charge in [0.1, 0.15) is 18.5 Å². The topological polar surface area (TPSA) is 134 Å². The third kappa shape index (κ3) is 8.59. The van der Waals surface area contributed by atoms with Crippen molar-refractivity contribution in [3.63, 3.8) is 0 Å². The minimum absolute atomic E-state index is 0.0288. The normalized spacial score (nSPS) is 10.7. The largest absolute Gasteiger partial charge is 0.493 e. The molecule has 0 atom stereocenters. The van der Waals surface area contributed by atoms with Gasteiger partial charge in [0.15, 0.2) is 11.5 Å². The summed E-state index contributed by atoms with van der Waals surface area (Å²) in [6.45, 7) is 1.56. The van der Waals surface area contributed by atoms with Crippen molar-refractivity contribution in [1.82, 2.24) is 9.88 Å². The Morgan fingerprint density at radius 3 is 2.58 bits per heavy atom. The Morgan fingerprint density at radius 2 is 1.89 bits per heavy atom. The number of rotatable bonds is 13. The van der Waals surface area contributed by atoms with Crippen LogP contribution in [0.4, 0.5) is 20.6 Å². The van der Waals surface area contributed by atoms with Gasteiger partial charge in [-0.1, -0.05) is 41.9 Å². The number of fused-ring (bicyclic) bond motifs is 1. The van der Waals surface area contributed by atoms with Crippen LogP contribution < -0.4 is 14.8 Å². The fourth-order valence-electron chi connectivity index (χ4n) is 4.63. The van der Waals surface area contributed by atoms with Gasteiger partial charge >= 0.3 is 12.1 Å². The van der Waals surface area contributed by atoms with E-state index < -0.39 is 17.9 Å². The van der Waals surface area contributed by atoms with Crippen LogP contribution in [-0.2, 0) is 22.7 Å². The number of aliphatic hydroxyl groups excluding tert-OH is 1. The molecule has 0 aliphatic rings. The van der Waals surface area contributed by atoms with Crippen LogP contribution in [0.15, 0.2) is 60.8 Å². The Hall–Kier alpha value is -4.92. The number of aromatic nitrogens is 1. The number of hydrogen-bond acceptors (Lipinski definition) is 9. The van der Waals surface area contributed by atoms with Crippen molar-refractivity contribution in [2.24, 2.45) is 0 Å². The van der Waals surface area contributed by atoms with Gasteiger partial charge < -0.3 is 29.5 Å². The predicted octanol–water partition coefficient (Wildman–Crippen LogP) is 6.88. The number of halogens is 2. The molecule has 0 unspecified atom stereocenters. The van der Waals surface area contributed by atoms with Crippen molar-refractivity contribution in [3.05, 3.63) is 88.3 Å². The Bertz CT molecular complexity index is 1710. The maximum Gasteiger partial charge on any atom is 0.410 e. The van der Waals surface area contributed by atoms with E-state index in [1.165, 1.54) is 43.3 Å². The number of nitrogens with zero attached hydrogens (tertiary/aromatic N) is 3. The first kappa shape index (κ1) is 33.0. The van der Waals surface area contributed by atoms with E-state index in [0.717, 1.165) is 5.56 Å². The molecule has 234 valence electrons. The molecule has 45 heavy (non-hydrogen) atoms. The predicted molar refractivity (Wildman–Crippen MR) is 167 cm³/mol. The molecule has 0 saturated heterocycles. The lowest BCUT2D eigenvalue weighted by molar-refractivity contribution is -0.132. The number of esters is 1. The fraction of sp³-hybridized carbons (Fsp3) is 0.273. The summed E-state index contributed by atoms with van der Waals surface area (Å²) >= 11 is 6.21. The summed E-state index contributed by atoms with van der Waals surface area (Å²) in [5.41, 5.74) is 2.36. The first-order valence-electron chi connectivity index (χ1n) is 14.1. The van der Waals surface area contributed by atoms with Crippen LogP contribution in [0, 0.1) is 17.1 Å². The van der Waals surface area contributed by atoms with Gasteiger partial charge in [0.05, 0.1) is 35.4 Å². The number of ether oxygens (including phenoxy) is 3. The summed E-state index contributed by atoms with van der Waals surface area (Å²) in [5.74, 6) is -0.892. The fourth-order valence-corrected chi connectivity index (χ4v) is 4.79. The number of aliphatic hydroxyl groups is 1. The van der Waals surface area contributed by atoms with E-state index in [1.807, 2.05) is 30.3 Å². The number of pyridine rings is 1. The van der Waals surface area contributed by atoms with E-state index in [-0.39, 0.29) is 48.4 Å². The van der Waals surface area contributed by atoms with Crippen LogP contribution in [-0.4, -0.2) is 47.3 Å². The van der Waals surface area contributed by atoms with Gasteiger partial charge in [-0.3, -0.25) is 9.78 Å². The summed E-state index contributed by atoms with van der Waals surface area (Å²) < 4.78 is 31.1. The number of amides is 1. The molecule has 12 heteroatoms. The maximum atomic E-state index is 14.9. The number of hydrogen-bond donors (Lipinski definition) is 2. The van der Waals surface area contributed by atoms with E-state index in [9.17, 15) is 24.3 Å². The van der Waals surface area contributed by atoms with Gasteiger partial charge in [-0.15, -0.1) is 0 Å². The quantitative estimate of drug-likeness (QED) is 0.0917. The Balaban J connectivity index is 1.72. The second-order valence-corrected chi connectivity index (χ2v) is 10.5. The molecule has 0 aliphatic heterocycles. The van der Waals surface area contributed by atoms with E-state index >= 15 is 0 Å². The van der Waals surface area contributed by atoms with E-state index in [2.05, 4.69) is 16.4 Å². The molecule has 1 amide bonds. The lowest BCUT2D eigenvalue weighted by atomic mass is 10.1. The average molecular weight is 635 g/mol. The van der Waals surface area contributed by atoms with Gasteiger partial charge in [0.25, 0.3) is 0 Å². The van der Waals surface area contributed by atoms with Crippen molar-refractivity contribution in [1.29, 1.82) is 5.26 Å². The molecule has 4 rings (SSSR count). The maximum absolute atomic E-state index is 14.9. The molecule has 0 fully saturated rings. The lowest BCUT2D eigenvalue weighted by Crippen LogP contribution is -2.32. The highest BCUT2D eigenvalue weighted by atomic mass is 35.5. The summed E-state index contributed by atoms with van der Waals surface area (Å²) in [7, 11) is 1.42. The van der Waals surface area contributed by atoms with E-state index in [1.54, 1.807) is 6.07 Å². The molecule has 3 aromatic carbocycles. The molecule has 10 nitrogen and oxygen atoms in total. The number of methoxy groups -OCH3 is 1. The van der Waals surface area contributed by atoms with E-state index in [4.69, 9.17) is 25.8 Å². The Labute approximate surface area is 264 Å². The van der Waals surface area contributed by atoms with Crippen LogP contribution >= 0.6 is 11.6 Å². The number of anilines is 2. The summed E-state index contributed by atoms with van der Waals surface area (Å²) in [4.78, 5) is 30.8. The minimum Gasteiger partial charge on any atom is -0.493 e. The van der Waals surface area contributed by atoms with Crippen molar-refractivity contribution >= 4 is 45.9 Å². The number of carbonyl (C=O) groups is 2.